The lowest BCUT2D eigenvalue weighted by atomic mass is 9.93. The van der Waals surface area contributed by atoms with Gasteiger partial charge in [0.15, 0.2) is 5.69 Å². The van der Waals surface area contributed by atoms with Crippen molar-refractivity contribution in [2.45, 2.75) is 45.3 Å². The van der Waals surface area contributed by atoms with Crippen LogP contribution in [0.5, 0.6) is 0 Å². The maximum atomic E-state index is 12.9. The molecule has 0 aromatic carbocycles. The van der Waals surface area contributed by atoms with Crippen LogP contribution in [0.2, 0.25) is 0 Å². The van der Waals surface area contributed by atoms with Crippen LogP contribution in [0.4, 0.5) is 0 Å². The molecule has 22 heavy (non-hydrogen) atoms. The predicted octanol–water partition coefficient (Wildman–Crippen LogP) is 0.530. The first-order chi connectivity index (χ1) is 10.6. The van der Waals surface area contributed by atoms with Gasteiger partial charge in [-0.05, 0) is 26.3 Å². The predicted molar refractivity (Wildman–Crippen MR) is 84.0 cm³/mol. The molecule has 0 radical (unpaired) electrons. The molecule has 2 aliphatic rings. The molecule has 3 rings (SSSR count). The first kappa shape index (κ1) is 15.5. The molecule has 1 aliphatic heterocycles. The molecule has 1 N–H and O–H groups in total. The first-order valence-corrected chi connectivity index (χ1v) is 8.34. The van der Waals surface area contributed by atoms with Crippen molar-refractivity contribution in [1.82, 2.24) is 19.6 Å². The molecule has 1 aromatic heterocycles. The largest absolute Gasteiger partial charge is 0.393 e. The van der Waals surface area contributed by atoms with E-state index in [1.165, 1.54) is 0 Å². The van der Waals surface area contributed by atoms with E-state index in [9.17, 15) is 9.90 Å². The van der Waals surface area contributed by atoms with Gasteiger partial charge in [0.2, 0.25) is 0 Å². The summed E-state index contributed by atoms with van der Waals surface area (Å²) in [6, 6.07) is 0. The lowest BCUT2D eigenvalue weighted by Crippen LogP contribution is -2.47. The van der Waals surface area contributed by atoms with Gasteiger partial charge in [-0.25, -0.2) is 0 Å². The number of hydrogen-bond acceptors (Lipinski definition) is 4. The van der Waals surface area contributed by atoms with Crippen LogP contribution in [-0.2, 0) is 19.4 Å². The van der Waals surface area contributed by atoms with Gasteiger partial charge in [0.05, 0.1) is 6.10 Å². The van der Waals surface area contributed by atoms with Crippen molar-refractivity contribution >= 4 is 5.91 Å². The molecular weight excluding hydrogens is 280 g/mol. The zero-order valence-corrected chi connectivity index (χ0v) is 13.6. The minimum Gasteiger partial charge on any atom is -0.393 e. The van der Waals surface area contributed by atoms with Crippen LogP contribution in [0.15, 0.2) is 0 Å². The van der Waals surface area contributed by atoms with Crippen LogP contribution in [0, 0.1) is 0 Å². The fourth-order valence-corrected chi connectivity index (χ4v) is 3.40. The Morgan fingerprint density at radius 2 is 2.05 bits per heavy atom. The molecule has 1 saturated heterocycles. The number of amides is 1. The van der Waals surface area contributed by atoms with E-state index in [0.717, 1.165) is 63.2 Å². The van der Waals surface area contributed by atoms with E-state index in [-0.39, 0.29) is 12.0 Å². The van der Waals surface area contributed by atoms with Gasteiger partial charge >= 0.3 is 0 Å². The van der Waals surface area contributed by atoms with E-state index in [1.54, 1.807) is 0 Å². The number of nitrogens with zero attached hydrogens (tertiary/aromatic N) is 4. The van der Waals surface area contributed by atoms with E-state index in [4.69, 9.17) is 0 Å². The average molecular weight is 306 g/mol. The number of carbonyl (C=O) groups excluding carboxylic acids is 1. The van der Waals surface area contributed by atoms with Crippen LogP contribution >= 0.6 is 0 Å². The second-order valence-electron chi connectivity index (χ2n) is 6.49. The number of fused-ring (bicyclic) bond motifs is 1. The molecule has 6 heteroatoms. The highest BCUT2D eigenvalue weighted by atomic mass is 16.3. The van der Waals surface area contributed by atoms with Crippen molar-refractivity contribution in [2.24, 2.45) is 0 Å². The third-order valence-electron chi connectivity index (χ3n) is 4.75. The lowest BCUT2D eigenvalue weighted by Gasteiger charge is -2.32. The van der Waals surface area contributed by atoms with Gasteiger partial charge in [0.1, 0.15) is 0 Å². The number of carbonyl (C=O) groups is 1. The van der Waals surface area contributed by atoms with Gasteiger partial charge in [-0.3, -0.25) is 9.48 Å². The highest BCUT2D eigenvalue weighted by molar-refractivity contribution is 5.94. The Morgan fingerprint density at radius 3 is 2.73 bits per heavy atom. The zero-order valence-electron chi connectivity index (χ0n) is 13.6. The fraction of sp³-hybridized carbons (Fsp3) is 0.750. The van der Waals surface area contributed by atoms with Gasteiger partial charge in [0, 0.05) is 50.4 Å². The molecule has 0 spiro atoms. The highest BCUT2D eigenvalue weighted by Gasteiger charge is 2.31. The molecule has 122 valence electrons. The lowest BCUT2D eigenvalue weighted by molar-refractivity contribution is 0.0655. The van der Waals surface area contributed by atoms with E-state index in [0.29, 0.717) is 12.1 Å². The van der Waals surface area contributed by atoms with E-state index < -0.39 is 0 Å². The summed E-state index contributed by atoms with van der Waals surface area (Å²) in [6.45, 7) is 6.29. The van der Waals surface area contributed by atoms with Gasteiger partial charge in [-0.2, -0.15) is 5.10 Å². The molecule has 6 nitrogen and oxygen atoms in total. The van der Waals surface area contributed by atoms with E-state index >= 15 is 0 Å². The van der Waals surface area contributed by atoms with Gasteiger partial charge in [0.25, 0.3) is 5.91 Å². The third kappa shape index (κ3) is 2.90. The smallest absolute Gasteiger partial charge is 0.274 e. The Morgan fingerprint density at radius 1 is 1.32 bits per heavy atom. The van der Waals surface area contributed by atoms with E-state index in [2.05, 4.69) is 24.0 Å². The maximum Gasteiger partial charge on any atom is 0.274 e. The molecule has 0 bridgehead atoms. The number of piperazine rings is 1. The van der Waals surface area contributed by atoms with Crippen molar-refractivity contribution in [3.8, 4) is 0 Å². The van der Waals surface area contributed by atoms with Crippen molar-refractivity contribution < 1.29 is 9.90 Å². The Bertz CT molecular complexity index is 547. The summed E-state index contributed by atoms with van der Waals surface area (Å²) in [4.78, 5) is 17.0. The zero-order chi connectivity index (χ0) is 15.7. The monoisotopic (exact) mass is 306 g/mol. The molecule has 2 heterocycles. The molecule has 1 amide bonds. The minimum absolute atomic E-state index is 0.0355. The maximum absolute atomic E-state index is 12.9. The van der Waals surface area contributed by atoms with Crippen LogP contribution in [0.3, 0.4) is 0 Å². The van der Waals surface area contributed by atoms with Crippen molar-refractivity contribution in [3.63, 3.8) is 0 Å². The Labute approximate surface area is 131 Å². The van der Waals surface area contributed by atoms with Crippen molar-refractivity contribution in [3.05, 3.63) is 17.0 Å². The number of aliphatic hydroxyl groups is 1. The Balaban J connectivity index is 1.87. The quantitative estimate of drug-likeness (QED) is 0.885. The summed E-state index contributed by atoms with van der Waals surface area (Å²) in [6.07, 6.45) is 2.81. The average Bonchev–Trinajstić information content (AvgIpc) is 2.86. The molecule has 1 atom stereocenters. The van der Waals surface area contributed by atoms with E-state index in [1.807, 2.05) is 9.58 Å². The number of likely N-dealkylation sites (N-methyl/N-ethyl adjacent to an activating group) is 1. The summed E-state index contributed by atoms with van der Waals surface area (Å²) < 4.78 is 1.99. The molecular formula is C16H26N4O2. The Hall–Kier alpha value is -1.40. The number of aryl methyl sites for hydroxylation is 1. The molecule has 1 fully saturated rings. The molecule has 1 aromatic rings. The highest BCUT2D eigenvalue weighted by Crippen LogP contribution is 2.26. The first-order valence-electron chi connectivity index (χ1n) is 8.34. The van der Waals surface area contributed by atoms with Crippen LogP contribution in [0.1, 0.15) is 41.5 Å². The molecule has 1 unspecified atom stereocenters. The molecule has 1 aliphatic carbocycles. The summed E-state index contributed by atoms with van der Waals surface area (Å²) in [7, 11) is 2.08. The Kier molecular flexibility index (Phi) is 4.49. The van der Waals surface area contributed by atoms with Crippen LogP contribution < -0.4 is 0 Å². The summed E-state index contributed by atoms with van der Waals surface area (Å²) in [5.41, 5.74) is 2.72. The number of aliphatic hydroxyl groups excluding tert-OH is 1. The molecule has 0 saturated carbocycles. The number of rotatable bonds is 3. The number of hydrogen-bond donors (Lipinski definition) is 1. The fourth-order valence-electron chi connectivity index (χ4n) is 3.40. The van der Waals surface area contributed by atoms with Gasteiger partial charge in [-0.1, -0.05) is 6.92 Å². The second-order valence-corrected chi connectivity index (χ2v) is 6.49. The van der Waals surface area contributed by atoms with Crippen LogP contribution in [0.25, 0.3) is 0 Å². The summed E-state index contributed by atoms with van der Waals surface area (Å²) in [5.74, 6) is 0.0355. The summed E-state index contributed by atoms with van der Waals surface area (Å²) >= 11 is 0. The third-order valence-corrected chi connectivity index (χ3v) is 4.75. The van der Waals surface area contributed by atoms with Crippen LogP contribution in [-0.4, -0.2) is 69.9 Å². The standard InChI is InChI=1S/C16H26N4O2/c1-3-6-20-14-5-4-12(21)11-13(14)15(17-20)16(22)19-9-7-18(2)8-10-19/h12,21H,3-11H2,1-2H3. The normalized spacial score (nSPS) is 22.7. The second kappa shape index (κ2) is 6.38. The van der Waals surface area contributed by atoms with Crippen molar-refractivity contribution in [1.29, 1.82) is 0 Å². The minimum atomic E-state index is -0.342. The summed E-state index contributed by atoms with van der Waals surface area (Å²) in [5, 5.41) is 14.6. The van der Waals surface area contributed by atoms with Crippen molar-refractivity contribution in [2.75, 3.05) is 33.2 Å². The van der Waals surface area contributed by atoms with Gasteiger partial charge in [-0.15, -0.1) is 0 Å². The topological polar surface area (TPSA) is 61.6 Å². The SMILES string of the molecule is CCCn1nc(C(=O)N2CCN(C)CC2)c2c1CCC(O)C2. The van der Waals surface area contributed by atoms with Gasteiger partial charge < -0.3 is 14.9 Å². The number of aromatic nitrogens is 2.